The van der Waals surface area contributed by atoms with Crippen LogP contribution in [0.3, 0.4) is 0 Å². The average molecular weight is 365 g/mol. The van der Waals surface area contributed by atoms with Crippen LogP contribution < -0.4 is 10.1 Å². The van der Waals surface area contributed by atoms with Crippen LogP contribution in [0.2, 0.25) is 0 Å². The van der Waals surface area contributed by atoms with Crippen LogP contribution in [0, 0.1) is 0 Å². The van der Waals surface area contributed by atoms with E-state index in [1.165, 1.54) is 32.1 Å². The third-order valence-corrected chi connectivity index (χ3v) is 5.65. The Morgan fingerprint density at radius 1 is 1.07 bits per heavy atom. The Morgan fingerprint density at radius 2 is 1.89 bits per heavy atom. The van der Waals surface area contributed by atoms with Gasteiger partial charge in [0.1, 0.15) is 12.4 Å². The first kappa shape index (κ1) is 18.0. The zero-order valence-electron chi connectivity index (χ0n) is 15.6. The molecule has 1 saturated heterocycles. The molecule has 0 bridgehead atoms. The summed E-state index contributed by atoms with van der Waals surface area (Å²) in [5, 5.41) is 3.09. The van der Waals surface area contributed by atoms with E-state index >= 15 is 0 Å². The van der Waals surface area contributed by atoms with E-state index < -0.39 is 0 Å². The molecule has 5 nitrogen and oxygen atoms in total. The summed E-state index contributed by atoms with van der Waals surface area (Å²) in [6.45, 7) is 1.42. The van der Waals surface area contributed by atoms with Gasteiger partial charge in [0, 0.05) is 18.8 Å². The SMILES string of the molecule is O=C(Nc1ccccc1OCc1ccccn1)C1CCN1C1CCCCC1. The fourth-order valence-electron chi connectivity index (χ4n) is 4.09. The quantitative estimate of drug-likeness (QED) is 0.840. The zero-order chi connectivity index (χ0) is 18.5. The smallest absolute Gasteiger partial charge is 0.241 e. The summed E-state index contributed by atoms with van der Waals surface area (Å²) in [6, 6.07) is 14.0. The van der Waals surface area contributed by atoms with E-state index in [9.17, 15) is 4.79 Å². The summed E-state index contributed by atoms with van der Waals surface area (Å²) in [4.78, 5) is 19.5. The molecule has 0 spiro atoms. The molecule has 2 heterocycles. The molecule has 1 unspecified atom stereocenters. The largest absolute Gasteiger partial charge is 0.485 e. The fraction of sp³-hybridized carbons (Fsp3) is 0.455. The van der Waals surface area contributed by atoms with Crippen LogP contribution in [-0.4, -0.2) is 34.4 Å². The van der Waals surface area contributed by atoms with Crippen molar-refractivity contribution in [3.8, 4) is 5.75 Å². The minimum Gasteiger partial charge on any atom is -0.485 e. The number of nitrogens with zero attached hydrogens (tertiary/aromatic N) is 2. The highest BCUT2D eigenvalue weighted by Gasteiger charge is 2.39. The maximum absolute atomic E-state index is 12.9. The van der Waals surface area contributed by atoms with Gasteiger partial charge in [0.25, 0.3) is 0 Å². The molecule has 27 heavy (non-hydrogen) atoms. The van der Waals surface area contributed by atoms with Gasteiger partial charge >= 0.3 is 0 Å². The Hall–Kier alpha value is -2.40. The Morgan fingerprint density at radius 3 is 2.63 bits per heavy atom. The lowest BCUT2D eigenvalue weighted by Crippen LogP contribution is -2.58. The van der Waals surface area contributed by atoms with Crippen LogP contribution in [-0.2, 0) is 11.4 Å². The third kappa shape index (κ3) is 4.30. The van der Waals surface area contributed by atoms with E-state index in [1.54, 1.807) is 6.20 Å². The topological polar surface area (TPSA) is 54.5 Å². The van der Waals surface area contributed by atoms with Gasteiger partial charge in [-0.25, -0.2) is 0 Å². The van der Waals surface area contributed by atoms with E-state index in [0.29, 0.717) is 18.4 Å². The molecule has 1 amide bonds. The minimum atomic E-state index is -0.00283. The first-order valence-corrected chi connectivity index (χ1v) is 9.99. The molecular formula is C22H27N3O2. The summed E-state index contributed by atoms with van der Waals surface area (Å²) in [5.41, 5.74) is 1.59. The lowest BCUT2D eigenvalue weighted by Gasteiger charge is -2.46. The third-order valence-electron chi connectivity index (χ3n) is 5.65. The molecule has 1 aliphatic carbocycles. The lowest BCUT2D eigenvalue weighted by atomic mass is 9.89. The fourth-order valence-corrected chi connectivity index (χ4v) is 4.09. The van der Waals surface area contributed by atoms with Crippen molar-refractivity contribution in [1.29, 1.82) is 0 Å². The second-order valence-electron chi connectivity index (χ2n) is 7.43. The maximum atomic E-state index is 12.9. The van der Waals surface area contributed by atoms with E-state index in [0.717, 1.165) is 24.3 Å². The van der Waals surface area contributed by atoms with Crippen molar-refractivity contribution in [2.45, 2.75) is 57.2 Å². The molecular weight excluding hydrogens is 338 g/mol. The molecule has 4 rings (SSSR count). The van der Waals surface area contributed by atoms with Gasteiger partial charge in [-0.1, -0.05) is 37.5 Å². The Bertz CT molecular complexity index is 759. The highest BCUT2D eigenvalue weighted by atomic mass is 16.5. The maximum Gasteiger partial charge on any atom is 0.241 e. The number of para-hydroxylation sites is 2. The Labute approximate surface area is 160 Å². The van der Waals surface area contributed by atoms with E-state index in [-0.39, 0.29) is 11.9 Å². The van der Waals surface area contributed by atoms with Crippen molar-refractivity contribution >= 4 is 11.6 Å². The van der Waals surface area contributed by atoms with Crippen molar-refractivity contribution in [2.24, 2.45) is 0 Å². The van der Waals surface area contributed by atoms with E-state index in [1.807, 2.05) is 42.5 Å². The molecule has 1 aliphatic heterocycles. The van der Waals surface area contributed by atoms with Gasteiger partial charge in [0.2, 0.25) is 5.91 Å². The molecule has 1 aromatic heterocycles. The molecule has 1 aromatic carbocycles. The standard InChI is InChI=1S/C22H27N3O2/c26-22(20-13-15-25(20)18-9-2-1-3-10-18)24-19-11-4-5-12-21(19)27-16-17-8-6-7-14-23-17/h4-8,11-12,14,18,20H,1-3,9-10,13,15-16H2,(H,24,26). The summed E-state index contributed by atoms with van der Waals surface area (Å²) in [5.74, 6) is 0.765. The van der Waals surface area contributed by atoms with Gasteiger partial charge in [-0.05, 0) is 43.5 Å². The summed E-state index contributed by atoms with van der Waals surface area (Å²) in [6.07, 6.45) is 9.07. The average Bonchev–Trinajstić information content (AvgIpc) is 2.68. The summed E-state index contributed by atoms with van der Waals surface area (Å²) < 4.78 is 5.91. The first-order chi connectivity index (χ1) is 13.3. The van der Waals surface area contributed by atoms with Crippen molar-refractivity contribution in [1.82, 2.24) is 9.88 Å². The van der Waals surface area contributed by atoms with Crippen LogP contribution in [0.5, 0.6) is 5.75 Å². The predicted molar refractivity (Wildman–Crippen MR) is 106 cm³/mol. The van der Waals surface area contributed by atoms with E-state index in [2.05, 4.69) is 15.2 Å². The molecule has 1 saturated carbocycles. The molecule has 1 N–H and O–H groups in total. The molecule has 142 valence electrons. The van der Waals surface area contributed by atoms with Crippen LogP contribution in [0.25, 0.3) is 0 Å². The van der Waals surface area contributed by atoms with Crippen molar-refractivity contribution in [3.05, 3.63) is 54.4 Å². The molecule has 2 aliphatic rings. The number of amides is 1. The number of aromatic nitrogens is 1. The molecule has 2 aromatic rings. The van der Waals surface area contributed by atoms with Crippen molar-refractivity contribution in [2.75, 3.05) is 11.9 Å². The van der Waals surface area contributed by atoms with Crippen LogP contribution in [0.4, 0.5) is 5.69 Å². The number of benzene rings is 1. The monoisotopic (exact) mass is 365 g/mol. The number of rotatable bonds is 6. The van der Waals surface area contributed by atoms with Crippen LogP contribution in [0.15, 0.2) is 48.7 Å². The van der Waals surface area contributed by atoms with Gasteiger partial charge in [-0.3, -0.25) is 14.7 Å². The Balaban J connectivity index is 1.38. The highest BCUT2D eigenvalue weighted by molar-refractivity contribution is 5.96. The number of likely N-dealkylation sites (tertiary alicyclic amines) is 1. The molecule has 0 radical (unpaired) electrons. The zero-order valence-corrected chi connectivity index (χ0v) is 15.6. The number of hydrogen-bond donors (Lipinski definition) is 1. The molecule has 2 fully saturated rings. The normalized spacial score (nSPS) is 20.7. The number of nitrogens with one attached hydrogen (secondary N) is 1. The van der Waals surface area contributed by atoms with Gasteiger partial charge in [0.05, 0.1) is 17.4 Å². The Kier molecular flexibility index (Phi) is 5.68. The lowest BCUT2D eigenvalue weighted by molar-refractivity contribution is -0.128. The van der Waals surface area contributed by atoms with E-state index in [4.69, 9.17) is 4.74 Å². The second kappa shape index (κ2) is 8.53. The van der Waals surface area contributed by atoms with Crippen molar-refractivity contribution in [3.63, 3.8) is 0 Å². The minimum absolute atomic E-state index is 0.00283. The van der Waals surface area contributed by atoms with Gasteiger partial charge < -0.3 is 10.1 Å². The second-order valence-corrected chi connectivity index (χ2v) is 7.43. The molecule has 1 atom stereocenters. The summed E-state index contributed by atoms with van der Waals surface area (Å²) in [7, 11) is 0. The van der Waals surface area contributed by atoms with Gasteiger partial charge in [0.15, 0.2) is 0 Å². The van der Waals surface area contributed by atoms with Crippen molar-refractivity contribution < 1.29 is 9.53 Å². The van der Waals surface area contributed by atoms with Crippen LogP contribution >= 0.6 is 0 Å². The molecule has 5 heteroatoms. The summed E-state index contributed by atoms with van der Waals surface area (Å²) >= 11 is 0. The van der Waals surface area contributed by atoms with Gasteiger partial charge in [-0.15, -0.1) is 0 Å². The van der Waals surface area contributed by atoms with Gasteiger partial charge in [-0.2, -0.15) is 0 Å². The number of ether oxygens (including phenoxy) is 1. The highest BCUT2D eigenvalue weighted by Crippen LogP contribution is 2.31. The first-order valence-electron chi connectivity index (χ1n) is 9.99. The number of pyridine rings is 1. The number of anilines is 1. The predicted octanol–water partition coefficient (Wildman–Crippen LogP) is 4.01. The number of carbonyl (C=O) groups excluding carboxylic acids is 1. The number of hydrogen-bond acceptors (Lipinski definition) is 4. The number of carbonyl (C=O) groups is 1. The van der Waals surface area contributed by atoms with Crippen LogP contribution in [0.1, 0.15) is 44.2 Å².